The maximum absolute atomic E-state index is 11.3. The van der Waals surface area contributed by atoms with E-state index in [1.807, 2.05) is 37.3 Å². The topological polar surface area (TPSA) is 35.5 Å². The Bertz CT molecular complexity index is 308. The Morgan fingerprint density at radius 1 is 1.31 bits per heavy atom. The Morgan fingerprint density at radius 2 is 2.00 bits per heavy atom. The highest BCUT2D eigenvalue weighted by atomic mass is 16.5. The second kappa shape index (κ2) is 7.01. The van der Waals surface area contributed by atoms with E-state index >= 15 is 0 Å². The van der Waals surface area contributed by atoms with Crippen molar-refractivity contribution in [2.45, 2.75) is 25.9 Å². The van der Waals surface area contributed by atoms with Gasteiger partial charge in [0.2, 0.25) is 0 Å². The van der Waals surface area contributed by atoms with Crippen LogP contribution in [0.4, 0.5) is 0 Å². The molecule has 0 aliphatic carbocycles. The third-order valence-electron chi connectivity index (χ3n) is 2.27. The first-order valence-electron chi connectivity index (χ1n) is 5.51. The molecule has 16 heavy (non-hydrogen) atoms. The Kier molecular flexibility index (Phi) is 5.57. The Labute approximate surface area is 96.4 Å². The molecule has 1 aromatic carbocycles. The van der Waals surface area contributed by atoms with Gasteiger partial charge in [-0.2, -0.15) is 0 Å². The van der Waals surface area contributed by atoms with Crippen LogP contribution in [0.1, 0.15) is 31.4 Å². The van der Waals surface area contributed by atoms with E-state index in [1.165, 1.54) is 7.11 Å². The van der Waals surface area contributed by atoms with Crippen molar-refractivity contribution in [1.82, 2.24) is 0 Å². The fraction of sp³-hybridized carbons (Fsp3) is 0.462. The molecule has 0 saturated carbocycles. The van der Waals surface area contributed by atoms with E-state index in [9.17, 15) is 4.79 Å². The van der Waals surface area contributed by atoms with Gasteiger partial charge in [-0.3, -0.25) is 4.79 Å². The van der Waals surface area contributed by atoms with Crippen molar-refractivity contribution in [3.05, 3.63) is 35.9 Å². The lowest BCUT2D eigenvalue weighted by atomic mass is 10.1. The van der Waals surface area contributed by atoms with Gasteiger partial charge in [-0.05, 0) is 12.0 Å². The molecule has 0 bridgehead atoms. The molecule has 3 nitrogen and oxygen atoms in total. The highest BCUT2D eigenvalue weighted by Gasteiger charge is 2.16. The third-order valence-corrected chi connectivity index (χ3v) is 2.27. The SMILES string of the molecule is CCCOC(CC(=O)OC)c1ccccc1. The van der Waals surface area contributed by atoms with Crippen molar-refractivity contribution >= 4 is 5.97 Å². The van der Waals surface area contributed by atoms with Gasteiger partial charge in [-0.15, -0.1) is 0 Å². The molecule has 0 spiro atoms. The molecule has 0 heterocycles. The number of benzene rings is 1. The molecule has 0 N–H and O–H groups in total. The van der Waals surface area contributed by atoms with Gasteiger partial charge in [0.15, 0.2) is 0 Å². The molecule has 0 radical (unpaired) electrons. The zero-order valence-electron chi connectivity index (χ0n) is 9.81. The summed E-state index contributed by atoms with van der Waals surface area (Å²) in [5.74, 6) is -0.245. The summed E-state index contributed by atoms with van der Waals surface area (Å²) in [4.78, 5) is 11.3. The van der Waals surface area contributed by atoms with Gasteiger partial charge in [0, 0.05) is 6.61 Å². The van der Waals surface area contributed by atoms with Gasteiger partial charge >= 0.3 is 5.97 Å². The summed E-state index contributed by atoms with van der Waals surface area (Å²) in [5.41, 5.74) is 1.02. The maximum atomic E-state index is 11.3. The van der Waals surface area contributed by atoms with E-state index in [0.717, 1.165) is 12.0 Å². The zero-order chi connectivity index (χ0) is 11.8. The summed E-state index contributed by atoms with van der Waals surface area (Å²) in [5, 5.41) is 0. The summed E-state index contributed by atoms with van der Waals surface area (Å²) >= 11 is 0. The van der Waals surface area contributed by atoms with Crippen molar-refractivity contribution < 1.29 is 14.3 Å². The standard InChI is InChI=1S/C13H18O3/c1-3-9-16-12(10-13(14)15-2)11-7-5-4-6-8-11/h4-8,12H,3,9-10H2,1-2H3. The normalized spacial score (nSPS) is 12.1. The number of rotatable bonds is 6. The number of esters is 1. The van der Waals surface area contributed by atoms with Crippen LogP contribution in [0.3, 0.4) is 0 Å². The van der Waals surface area contributed by atoms with Crippen LogP contribution in [-0.4, -0.2) is 19.7 Å². The van der Waals surface area contributed by atoms with Crippen LogP contribution in [0.5, 0.6) is 0 Å². The van der Waals surface area contributed by atoms with Crippen LogP contribution >= 0.6 is 0 Å². The quantitative estimate of drug-likeness (QED) is 0.694. The average molecular weight is 222 g/mol. The molecule has 0 aliphatic heterocycles. The van der Waals surface area contributed by atoms with E-state index in [-0.39, 0.29) is 18.5 Å². The molecule has 3 heteroatoms. The van der Waals surface area contributed by atoms with Crippen LogP contribution in [0.15, 0.2) is 30.3 Å². The predicted octanol–water partition coefficient (Wildman–Crippen LogP) is 2.72. The van der Waals surface area contributed by atoms with E-state index in [4.69, 9.17) is 4.74 Å². The van der Waals surface area contributed by atoms with Crippen LogP contribution in [0.2, 0.25) is 0 Å². The molecule has 0 amide bonds. The summed E-state index contributed by atoms with van der Waals surface area (Å²) < 4.78 is 10.3. The van der Waals surface area contributed by atoms with Crippen molar-refractivity contribution in [1.29, 1.82) is 0 Å². The van der Waals surface area contributed by atoms with Gasteiger partial charge < -0.3 is 9.47 Å². The highest BCUT2D eigenvalue weighted by molar-refractivity contribution is 5.70. The van der Waals surface area contributed by atoms with Crippen LogP contribution in [-0.2, 0) is 14.3 Å². The van der Waals surface area contributed by atoms with E-state index in [2.05, 4.69) is 4.74 Å². The lowest BCUT2D eigenvalue weighted by molar-refractivity contribution is -0.144. The monoisotopic (exact) mass is 222 g/mol. The summed E-state index contributed by atoms with van der Waals surface area (Å²) in [6.45, 7) is 2.69. The molecule has 1 rings (SSSR count). The van der Waals surface area contributed by atoms with Crippen LogP contribution in [0.25, 0.3) is 0 Å². The first-order chi connectivity index (χ1) is 7.77. The molecule has 88 valence electrons. The lowest BCUT2D eigenvalue weighted by Gasteiger charge is -2.16. The fourth-order valence-electron chi connectivity index (χ4n) is 1.44. The predicted molar refractivity (Wildman–Crippen MR) is 62.1 cm³/mol. The Balaban J connectivity index is 2.67. The molecule has 0 fully saturated rings. The lowest BCUT2D eigenvalue weighted by Crippen LogP contribution is -2.12. The smallest absolute Gasteiger partial charge is 0.308 e. The summed E-state index contributed by atoms with van der Waals surface area (Å²) in [6, 6.07) is 9.74. The number of methoxy groups -OCH3 is 1. The molecular formula is C13H18O3. The van der Waals surface area contributed by atoms with Crippen LogP contribution < -0.4 is 0 Å². The van der Waals surface area contributed by atoms with E-state index in [1.54, 1.807) is 0 Å². The second-order valence-electron chi connectivity index (χ2n) is 3.55. The van der Waals surface area contributed by atoms with Gasteiger partial charge in [-0.25, -0.2) is 0 Å². The number of carbonyl (C=O) groups is 1. The number of ether oxygens (including phenoxy) is 2. The first-order valence-corrected chi connectivity index (χ1v) is 5.51. The largest absolute Gasteiger partial charge is 0.469 e. The Morgan fingerprint density at radius 3 is 2.56 bits per heavy atom. The highest BCUT2D eigenvalue weighted by Crippen LogP contribution is 2.21. The molecule has 0 saturated heterocycles. The second-order valence-corrected chi connectivity index (χ2v) is 3.55. The number of hydrogen-bond acceptors (Lipinski definition) is 3. The van der Waals surface area contributed by atoms with Crippen molar-refractivity contribution in [2.24, 2.45) is 0 Å². The summed E-state index contributed by atoms with van der Waals surface area (Å²) in [6.07, 6.45) is 0.999. The molecule has 1 atom stereocenters. The minimum absolute atomic E-state index is 0.200. The molecule has 0 aromatic heterocycles. The molecular weight excluding hydrogens is 204 g/mol. The van der Waals surface area contributed by atoms with Gasteiger partial charge in [-0.1, -0.05) is 37.3 Å². The first kappa shape index (κ1) is 12.7. The maximum Gasteiger partial charge on any atom is 0.308 e. The average Bonchev–Trinajstić information content (AvgIpc) is 2.35. The minimum Gasteiger partial charge on any atom is -0.469 e. The van der Waals surface area contributed by atoms with Crippen molar-refractivity contribution in [3.63, 3.8) is 0 Å². The number of hydrogen-bond donors (Lipinski definition) is 0. The van der Waals surface area contributed by atoms with Crippen LogP contribution in [0, 0.1) is 0 Å². The molecule has 1 unspecified atom stereocenters. The third kappa shape index (κ3) is 4.03. The van der Waals surface area contributed by atoms with Gasteiger partial charge in [0.1, 0.15) is 0 Å². The zero-order valence-corrected chi connectivity index (χ0v) is 9.81. The molecule has 1 aromatic rings. The Hall–Kier alpha value is -1.35. The summed E-state index contributed by atoms with van der Waals surface area (Å²) in [7, 11) is 1.39. The van der Waals surface area contributed by atoms with Crippen molar-refractivity contribution in [2.75, 3.05) is 13.7 Å². The van der Waals surface area contributed by atoms with Gasteiger partial charge in [0.05, 0.1) is 19.6 Å². The minimum atomic E-state index is -0.245. The van der Waals surface area contributed by atoms with E-state index in [0.29, 0.717) is 6.61 Å². The van der Waals surface area contributed by atoms with E-state index < -0.39 is 0 Å². The fourth-order valence-corrected chi connectivity index (χ4v) is 1.44. The molecule has 0 aliphatic rings. The number of carbonyl (C=O) groups excluding carboxylic acids is 1. The van der Waals surface area contributed by atoms with Crippen molar-refractivity contribution in [3.8, 4) is 0 Å². The van der Waals surface area contributed by atoms with Gasteiger partial charge in [0.25, 0.3) is 0 Å².